The van der Waals surface area contributed by atoms with Crippen LogP contribution in [-0.2, 0) is 6.54 Å². The van der Waals surface area contributed by atoms with Gasteiger partial charge in [0.15, 0.2) is 5.52 Å². The first-order valence-corrected chi connectivity index (χ1v) is 6.65. The number of aryl methyl sites for hydroxylation is 2. The molecule has 3 aromatic rings. The number of nitro groups is 1. The third-order valence-electron chi connectivity index (χ3n) is 3.32. The number of benzene rings is 1. The summed E-state index contributed by atoms with van der Waals surface area (Å²) in [6.45, 7) is 4.08. The quantitative estimate of drug-likeness (QED) is 0.543. The highest BCUT2D eigenvalue weighted by atomic mass is 16.6. The van der Waals surface area contributed by atoms with Crippen molar-refractivity contribution in [2.75, 3.05) is 0 Å². The van der Waals surface area contributed by atoms with Gasteiger partial charge >= 0.3 is 5.63 Å². The van der Waals surface area contributed by atoms with E-state index in [0.29, 0.717) is 17.8 Å². The molecule has 0 aliphatic carbocycles. The average molecular weight is 300 g/mol. The van der Waals surface area contributed by atoms with E-state index in [4.69, 9.17) is 4.42 Å². The van der Waals surface area contributed by atoms with Gasteiger partial charge in [-0.1, -0.05) is 12.1 Å². The molecular weight excluding hydrogens is 288 g/mol. The second-order valence-electron chi connectivity index (χ2n) is 4.68. The van der Waals surface area contributed by atoms with Crippen molar-refractivity contribution >= 4 is 16.7 Å². The summed E-state index contributed by atoms with van der Waals surface area (Å²) in [5.41, 5.74) is 0.618. The Morgan fingerprint density at radius 2 is 2.09 bits per heavy atom. The Morgan fingerprint density at radius 3 is 2.77 bits per heavy atom. The van der Waals surface area contributed by atoms with Crippen molar-refractivity contribution in [2.24, 2.45) is 0 Å². The molecule has 0 unspecified atom stereocenters. The van der Waals surface area contributed by atoms with Crippen LogP contribution in [0, 0.1) is 17.0 Å². The molecule has 2 heterocycles. The molecule has 8 heteroatoms. The molecule has 0 atom stereocenters. The van der Waals surface area contributed by atoms with E-state index in [1.807, 2.05) is 6.92 Å². The highest BCUT2D eigenvalue weighted by Gasteiger charge is 2.21. The molecule has 3 rings (SSSR count). The predicted molar refractivity (Wildman–Crippen MR) is 78.6 cm³/mol. The van der Waals surface area contributed by atoms with Gasteiger partial charge in [0.25, 0.3) is 5.69 Å². The molecule has 1 aromatic carbocycles. The highest BCUT2D eigenvalue weighted by molar-refractivity contribution is 5.79. The predicted octanol–water partition coefficient (Wildman–Crippen LogP) is 2.29. The van der Waals surface area contributed by atoms with Gasteiger partial charge in [0.2, 0.25) is 5.89 Å². The van der Waals surface area contributed by atoms with Crippen LogP contribution in [-0.4, -0.2) is 19.7 Å². The first kappa shape index (κ1) is 13.9. The van der Waals surface area contributed by atoms with E-state index in [-0.39, 0.29) is 22.7 Å². The van der Waals surface area contributed by atoms with Gasteiger partial charge in [-0.2, -0.15) is 5.10 Å². The maximum atomic E-state index is 12.2. The van der Waals surface area contributed by atoms with Crippen LogP contribution in [0.3, 0.4) is 0 Å². The molecule has 2 aromatic heterocycles. The van der Waals surface area contributed by atoms with Crippen LogP contribution in [0.2, 0.25) is 0 Å². The molecule has 0 aliphatic heterocycles. The maximum Gasteiger partial charge on any atom is 0.365 e. The average Bonchev–Trinajstić information content (AvgIpc) is 2.84. The van der Waals surface area contributed by atoms with E-state index >= 15 is 0 Å². The van der Waals surface area contributed by atoms with Gasteiger partial charge in [0, 0.05) is 12.6 Å². The molecule has 0 saturated carbocycles. The molecule has 0 radical (unpaired) electrons. The van der Waals surface area contributed by atoms with Crippen molar-refractivity contribution in [3.05, 3.63) is 50.5 Å². The molecule has 112 valence electrons. The summed E-state index contributed by atoms with van der Waals surface area (Å²) in [7, 11) is 0. The fourth-order valence-corrected chi connectivity index (χ4v) is 2.33. The smallest absolute Gasteiger partial charge is 0.365 e. The fourth-order valence-electron chi connectivity index (χ4n) is 2.33. The Hall–Kier alpha value is -3.03. The lowest BCUT2D eigenvalue weighted by atomic mass is 10.2. The maximum absolute atomic E-state index is 12.2. The minimum Gasteiger partial charge on any atom is -0.402 e. The van der Waals surface area contributed by atoms with E-state index in [0.717, 1.165) is 0 Å². The molecule has 22 heavy (non-hydrogen) atoms. The summed E-state index contributed by atoms with van der Waals surface area (Å²) < 4.78 is 6.70. The standard InChI is InChI=1S/C14H12N4O4/c1-3-17-12-11(8(2)16-17)15-13(22-14(12)19)9-6-4-5-7-10(9)18(20)21/h4-7H,3H2,1-2H3. The zero-order chi connectivity index (χ0) is 15.9. The summed E-state index contributed by atoms with van der Waals surface area (Å²) in [4.78, 5) is 27.0. The minimum atomic E-state index is -0.611. The lowest BCUT2D eigenvalue weighted by Gasteiger charge is -2.01. The summed E-state index contributed by atoms with van der Waals surface area (Å²) in [5, 5.41) is 15.3. The van der Waals surface area contributed by atoms with Gasteiger partial charge in [0.05, 0.1) is 10.6 Å². The van der Waals surface area contributed by atoms with Gasteiger partial charge in [0.1, 0.15) is 11.1 Å². The number of rotatable bonds is 3. The van der Waals surface area contributed by atoms with Crippen LogP contribution in [0.4, 0.5) is 5.69 Å². The van der Waals surface area contributed by atoms with Crippen LogP contribution in [0.1, 0.15) is 12.6 Å². The number of nitro benzene ring substituents is 1. The largest absolute Gasteiger partial charge is 0.402 e. The van der Waals surface area contributed by atoms with Gasteiger partial charge < -0.3 is 4.42 Å². The Bertz CT molecular complexity index is 942. The summed E-state index contributed by atoms with van der Waals surface area (Å²) in [5.74, 6) is -0.0800. The number of nitrogens with zero attached hydrogens (tertiary/aromatic N) is 4. The van der Waals surface area contributed by atoms with E-state index in [1.54, 1.807) is 19.1 Å². The molecule has 0 N–H and O–H groups in total. The molecule has 0 aliphatic rings. The van der Waals surface area contributed by atoms with Crippen LogP contribution >= 0.6 is 0 Å². The van der Waals surface area contributed by atoms with Gasteiger partial charge in [-0.05, 0) is 19.9 Å². The highest BCUT2D eigenvalue weighted by Crippen LogP contribution is 2.28. The van der Waals surface area contributed by atoms with E-state index in [2.05, 4.69) is 10.1 Å². The monoisotopic (exact) mass is 300 g/mol. The van der Waals surface area contributed by atoms with E-state index < -0.39 is 10.5 Å². The second-order valence-corrected chi connectivity index (χ2v) is 4.68. The zero-order valence-corrected chi connectivity index (χ0v) is 11.9. The van der Waals surface area contributed by atoms with Crippen LogP contribution in [0.15, 0.2) is 33.5 Å². The number of aromatic nitrogens is 3. The molecular formula is C14H12N4O4. The Morgan fingerprint density at radius 1 is 1.36 bits per heavy atom. The van der Waals surface area contributed by atoms with Crippen molar-refractivity contribution in [3.8, 4) is 11.5 Å². The third-order valence-corrected chi connectivity index (χ3v) is 3.32. The second kappa shape index (κ2) is 5.06. The first-order chi connectivity index (χ1) is 10.5. The Labute approximate surface area is 124 Å². The van der Waals surface area contributed by atoms with Crippen molar-refractivity contribution in [3.63, 3.8) is 0 Å². The van der Waals surface area contributed by atoms with Crippen molar-refractivity contribution < 1.29 is 9.34 Å². The molecule has 0 amide bonds. The van der Waals surface area contributed by atoms with Crippen LogP contribution in [0.25, 0.3) is 22.5 Å². The summed E-state index contributed by atoms with van der Waals surface area (Å²) >= 11 is 0. The zero-order valence-electron chi connectivity index (χ0n) is 11.9. The molecule has 0 saturated heterocycles. The van der Waals surface area contributed by atoms with Gasteiger partial charge in [-0.3, -0.25) is 14.8 Å². The number of fused-ring (bicyclic) bond motifs is 1. The molecule has 0 bridgehead atoms. The van der Waals surface area contributed by atoms with Crippen molar-refractivity contribution in [1.82, 2.24) is 14.8 Å². The molecule has 0 fully saturated rings. The Kier molecular flexibility index (Phi) is 3.21. The fraction of sp³-hybridized carbons (Fsp3) is 0.214. The number of hydrogen-bond donors (Lipinski definition) is 0. The van der Waals surface area contributed by atoms with Crippen LogP contribution < -0.4 is 5.63 Å². The van der Waals surface area contributed by atoms with Crippen molar-refractivity contribution in [2.45, 2.75) is 20.4 Å². The normalized spacial score (nSPS) is 11.0. The first-order valence-electron chi connectivity index (χ1n) is 6.65. The lowest BCUT2D eigenvalue weighted by Crippen LogP contribution is -2.09. The topological polar surface area (TPSA) is 104 Å². The summed E-state index contributed by atoms with van der Waals surface area (Å²) in [6, 6.07) is 5.99. The third kappa shape index (κ3) is 2.05. The van der Waals surface area contributed by atoms with Gasteiger partial charge in [-0.15, -0.1) is 0 Å². The van der Waals surface area contributed by atoms with Crippen molar-refractivity contribution in [1.29, 1.82) is 0 Å². The van der Waals surface area contributed by atoms with E-state index in [1.165, 1.54) is 16.8 Å². The Balaban J connectivity index is 2.33. The minimum absolute atomic E-state index is 0.0800. The van der Waals surface area contributed by atoms with E-state index in [9.17, 15) is 14.9 Å². The molecule has 0 spiro atoms. The number of hydrogen-bond acceptors (Lipinski definition) is 6. The SMILES string of the molecule is CCn1nc(C)c2nc(-c3ccccc3[N+](=O)[O-])oc(=O)c21. The van der Waals surface area contributed by atoms with Gasteiger partial charge in [-0.25, -0.2) is 9.78 Å². The summed E-state index contributed by atoms with van der Waals surface area (Å²) in [6.07, 6.45) is 0. The lowest BCUT2D eigenvalue weighted by molar-refractivity contribution is -0.384. The molecule has 8 nitrogen and oxygen atoms in total. The number of para-hydroxylation sites is 1. The van der Waals surface area contributed by atoms with Crippen LogP contribution in [0.5, 0.6) is 0 Å².